The summed E-state index contributed by atoms with van der Waals surface area (Å²) < 4.78 is 26.0. The first-order valence-corrected chi connectivity index (χ1v) is 11.3. The largest absolute Gasteiger partial charge is 0.475 e. The molecule has 2 aromatic heterocycles. The van der Waals surface area contributed by atoms with E-state index in [1.54, 1.807) is 37.6 Å². The summed E-state index contributed by atoms with van der Waals surface area (Å²) >= 11 is 0. The van der Waals surface area contributed by atoms with Crippen molar-refractivity contribution in [3.8, 4) is 5.88 Å². The van der Waals surface area contributed by atoms with Gasteiger partial charge < -0.3 is 31.6 Å². The number of methoxy groups -OCH3 is 1. The number of benzene rings is 1. The molecule has 180 valence electrons. The van der Waals surface area contributed by atoms with Crippen LogP contribution in [0.2, 0.25) is 0 Å². The second-order valence-electron chi connectivity index (χ2n) is 8.25. The van der Waals surface area contributed by atoms with Crippen molar-refractivity contribution >= 4 is 33.9 Å². The van der Waals surface area contributed by atoms with Gasteiger partial charge in [0.25, 0.3) is 5.91 Å². The number of halogens is 1. The zero-order valence-corrected chi connectivity index (χ0v) is 19.0. The van der Waals surface area contributed by atoms with Gasteiger partial charge in [0, 0.05) is 36.2 Å². The van der Waals surface area contributed by atoms with Gasteiger partial charge >= 0.3 is 0 Å². The van der Waals surface area contributed by atoms with Gasteiger partial charge in [-0.15, -0.1) is 0 Å². The van der Waals surface area contributed by atoms with Crippen LogP contribution in [0.3, 0.4) is 0 Å². The SMILES string of the molecule is COCCOc1ncc(F)c2c(NC3CCCCC3N)c(Nc3ncccc3C(N)=O)ccc12. The van der Waals surface area contributed by atoms with Gasteiger partial charge in [-0.3, -0.25) is 4.79 Å². The number of anilines is 3. The molecule has 0 spiro atoms. The van der Waals surface area contributed by atoms with Crippen molar-refractivity contribution in [3.63, 3.8) is 0 Å². The Balaban J connectivity index is 1.82. The zero-order chi connectivity index (χ0) is 24.1. The van der Waals surface area contributed by atoms with Gasteiger partial charge in [-0.2, -0.15) is 0 Å². The number of nitrogens with one attached hydrogen (secondary N) is 2. The Kier molecular flexibility index (Phi) is 7.39. The molecule has 6 N–H and O–H groups in total. The average Bonchev–Trinajstić information content (AvgIpc) is 2.83. The summed E-state index contributed by atoms with van der Waals surface area (Å²) in [6, 6.07) is 6.56. The molecular formula is C24H29FN6O3. The first kappa shape index (κ1) is 23.7. The van der Waals surface area contributed by atoms with E-state index in [9.17, 15) is 4.79 Å². The Labute approximate surface area is 197 Å². The highest BCUT2D eigenvalue weighted by Gasteiger charge is 2.25. The van der Waals surface area contributed by atoms with Gasteiger partial charge in [-0.1, -0.05) is 12.8 Å². The maximum absolute atomic E-state index is 15.3. The molecule has 0 saturated heterocycles. The zero-order valence-electron chi connectivity index (χ0n) is 19.0. The van der Waals surface area contributed by atoms with Gasteiger partial charge in [0.1, 0.15) is 12.4 Å². The lowest BCUT2D eigenvalue weighted by Gasteiger charge is -2.31. The second-order valence-corrected chi connectivity index (χ2v) is 8.25. The lowest BCUT2D eigenvalue weighted by atomic mass is 9.90. The van der Waals surface area contributed by atoms with E-state index in [4.69, 9.17) is 20.9 Å². The van der Waals surface area contributed by atoms with Crippen LogP contribution in [-0.4, -0.2) is 48.3 Å². The standard InChI is InChI=1S/C24H29FN6O3/c1-33-11-12-34-24-14-8-9-19(31-23-15(22(27)32)5-4-10-28-23)21(20(14)16(25)13-29-24)30-18-7-3-2-6-17(18)26/h4-5,8-10,13,17-18,30H,2-3,6-7,11-12,26H2,1H3,(H2,27,32)(H,28,31). The summed E-state index contributed by atoms with van der Waals surface area (Å²) in [5.41, 5.74) is 13.2. The number of pyridine rings is 2. The van der Waals surface area contributed by atoms with Gasteiger partial charge in [-0.05, 0) is 37.1 Å². The topological polar surface area (TPSA) is 137 Å². The molecule has 1 fully saturated rings. The Morgan fingerprint density at radius 3 is 2.79 bits per heavy atom. The summed E-state index contributed by atoms with van der Waals surface area (Å²) in [7, 11) is 1.57. The van der Waals surface area contributed by atoms with Crippen molar-refractivity contribution in [2.45, 2.75) is 37.8 Å². The normalized spacial score (nSPS) is 18.0. The molecule has 1 aliphatic rings. The number of nitrogens with two attached hydrogens (primary N) is 2. The van der Waals surface area contributed by atoms with Crippen molar-refractivity contribution < 1.29 is 18.7 Å². The highest BCUT2D eigenvalue weighted by atomic mass is 19.1. The summed E-state index contributed by atoms with van der Waals surface area (Å²) in [5, 5.41) is 7.43. The van der Waals surface area contributed by atoms with E-state index in [1.807, 2.05) is 0 Å². The van der Waals surface area contributed by atoms with Crippen molar-refractivity contribution in [2.75, 3.05) is 31.0 Å². The molecule has 1 aliphatic carbocycles. The van der Waals surface area contributed by atoms with Gasteiger partial charge in [0.05, 0.1) is 29.7 Å². The van der Waals surface area contributed by atoms with E-state index in [0.29, 0.717) is 34.6 Å². The first-order valence-electron chi connectivity index (χ1n) is 11.3. The van der Waals surface area contributed by atoms with E-state index in [2.05, 4.69) is 20.6 Å². The Morgan fingerprint density at radius 1 is 1.21 bits per heavy atom. The van der Waals surface area contributed by atoms with E-state index in [0.717, 1.165) is 31.9 Å². The minimum atomic E-state index is -0.621. The number of primary amides is 1. The number of ether oxygens (including phenoxy) is 2. The van der Waals surface area contributed by atoms with E-state index in [-0.39, 0.29) is 30.1 Å². The van der Waals surface area contributed by atoms with Crippen LogP contribution in [-0.2, 0) is 4.74 Å². The molecule has 2 atom stereocenters. The van der Waals surface area contributed by atoms with Crippen LogP contribution in [0.25, 0.3) is 10.8 Å². The average molecular weight is 469 g/mol. The van der Waals surface area contributed by atoms with Crippen LogP contribution in [0.4, 0.5) is 21.6 Å². The molecule has 2 heterocycles. The maximum Gasteiger partial charge on any atom is 0.252 e. The number of nitrogens with zero attached hydrogens (tertiary/aromatic N) is 2. The Bertz CT molecular complexity index is 1170. The number of rotatable bonds is 9. The highest BCUT2D eigenvalue weighted by Crippen LogP contribution is 2.39. The van der Waals surface area contributed by atoms with Crippen LogP contribution in [0, 0.1) is 5.82 Å². The van der Waals surface area contributed by atoms with Gasteiger partial charge in [0.2, 0.25) is 5.88 Å². The smallest absolute Gasteiger partial charge is 0.252 e. The van der Waals surface area contributed by atoms with E-state index < -0.39 is 11.7 Å². The van der Waals surface area contributed by atoms with E-state index >= 15 is 4.39 Å². The molecule has 34 heavy (non-hydrogen) atoms. The van der Waals surface area contributed by atoms with Crippen LogP contribution < -0.4 is 26.8 Å². The van der Waals surface area contributed by atoms with Crippen LogP contribution in [0.1, 0.15) is 36.0 Å². The summed E-state index contributed by atoms with van der Waals surface area (Å²) in [6.07, 6.45) is 6.51. The lowest BCUT2D eigenvalue weighted by Crippen LogP contribution is -2.42. The quantitative estimate of drug-likeness (QED) is 0.351. The molecule has 1 aromatic carbocycles. The van der Waals surface area contributed by atoms with E-state index in [1.165, 1.54) is 0 Å². The fourth-order valence-corrected chi connectivity index (χ4v) is 4.22. The van der Waals surface area contributed by atoms with Crippen molar-refractivity contribution in [1.29, 1.82) is 0 Å². The van der Waals surface area contributed by atoms with Crippen molar-refractivity contribution in [2.24, 2.45) is 11.5 Å². The van der Waals surface area contributed by atoms with Gasteiger partial charge in [0.15, 0.2) is 5.82 Å². The molecule has 0 aliphatic heterocycles. The number of aromatic nitrogens is 2. The fourth-order valence-electron chi connectivity index (χ4n) is 4.22. The second kappa shape index (κ2) is 10.6. The predicted octanol–water partition coefficient (Wildman–Crippen LogP) is 3.32. The summed E-state index contributed by atoms with van der Waals surface area (Å²) in [4.78, 5) is 20.3. The molecule has 2 unspecified atom stereocenters. The minimum Gasteiger partial charge on any atom is -0.475 e. The monoisotopic (exact) mass is 468 g/mol. The Hall–Kier alpha value is -3.50. The number of carbonyl (C=O) groups excluding carboxylic acids is 1. The molecule has 4 rings (SSSR count). The number of amides is 1. The number of carbonyl (C=O) groups is 1. The molecule has 10 heteroatoms. The molecule has 3 aromatic rings. The third kappa shape index (κ3) is 5.02. The van der Waals surface area contributed by atoms with Crippen molar-refractivity contribution in [3.05, 3.63) is 48.0 Å². The van der Waals surface area contributed by atoms with Crippen LogP contribution >= 0.6 is 0 Å². The Morgan fingerprint density at radius 2 is 2.03 bits per heavy atom. The molecule has 1 amide bonds. The lowest BCUT2D eigenvalue weighted by molar-refractivity contribution is 0.100. The molecule has 9 nitrogen and oxygen atoms in total. The van der Waals surface area contributed by atoms with Crippen LogP contribution in [0.5, 0.6) is 5.88 Å². The summed E-state index contributed by atoms with van der Waals surface area (Å²) in [6.45, 7) is 0.647. The van der Waals surface area contributed by atoms with Gasteiger partial charge in [-0.25, -0.2) is 14.4 Å². The first-order chi connectivity index (χ1) is 16.5. The number of fused-ring (bicyclic) bond motifs is 1. The highest BCUT2D eigenvalue weighted by molar-refractivity contribution is 6.04. The molecule has 0 bridgehead atoms. The number of hydrogen-bond donors (Lipinski definition) is 4. The fraction of sp³-hybridized carbons (Fsp3) is 0.375. The minimum absolute atomic E-state index is 0.0512. The molecular weight excluding hydrogens is 439 g/mol. The third-order valence-electron chi connectivity index (χ3n) is 5.97. The maximum atomic E-state index is 15.3. The third-order valence-corrected chi connectivity index (χ3v) is 5.97. The van der Waals surface area contributed by atoms with Crippen molar-refractivity contribution in [1.82, 2.24) is 9.97 Å². The molecule has 1 saturated carbocycles. The number of hydrogen-bond acceptors (Lipinski definition) is 8. The van der Waals surface area contributed by atoms with Crippen LogP contribution in [0.15, 0.2) is 36.7 Å². The summed E-state index contributed by atoms with van der Waals surface area (Å²) in [5.74, 6) is -0.562. The molecule has 0 radical (unpaired) electrons. The predicted molar refractivity (Wildman–Crippen MR) is 129 cm³/mol.